The van der Waals surface area contributed by atoms with Crippen molar-refractivity contribution in [3.63, 3.8) is 0 Å². The molecule has 1 fully saturated rings. The van der Waals surface area contributed by atoms with Crippen LogP contribution in [0.3, 0.4) is 0 Å². The van der Waals surface area contributed by atoms with Gasteiger partial charge < -0.3 is 15.4 Å². The number of rotatable bonds is 0. The van der Waals surface area contributed by atoms with E-state index in [0.717, 1.165) is 19.8 Å². The van der Waals surface area contributed by atoms with Gasteiger partial charge in [-0.2, -0.15) is 0 Å². The van der Waals surface area contributed by atoms with Crippen molar-refractivity contribution in [3.8, 4) is 0 Å². The molecule has 2 unspecified atom stereocenters. The van der Waals surface area contributed by atoms with Crippen LogP contribution in [0.2, 0.25) is 0 Å². The normalized spacial score (nSPS) is 32.0. The summed E-state index contributed by atoms with van der Waals surface area (Å²) in [5.74, 6) is 0. The molecule has 1 aromatic carbocycles. The summed E-state index contributed by atoms with van der Waals surface area (Å²) in [5, 5.41) is 7.18. The van der Waals surface area contributed by atoms with E-state index in [-0.39, 0.29) is 5.41 Å². The Morgan fingerprint density at radius 3 is 3.19 bits per heavy atom. The molecule has 0 radical (unpaired) electrons. The van der Waals surface area contributed by atoms with E-state index < -0.39 is 0 Å². The Morgan fingerprint density at radius 1 is 1.44 bits per heavy atom. The van der Waals surface area contributed by atoms with Crippen molar-refractivity contribution in [2.45, 2.75) is 19.9 Å². The minimum atomic E-state index is 0.200. The molecular weight excluding hydrogens is 200 g/mol. The zero-order valence-corrected chi connectivity index (χ0v) is 9.84. The number of anilines is 2. The molecule has 2 atom stereocenters. The molecule has 86 valence electrons. The molecule has 0 amide bonds. The van der Waals surface area contributed by atoms with E-state index >= 15 is 0 Å². The number of para-hydroxylation sites is 1. The van der Waals surface area contributed by atoms with Crippen LogP contribution >= 0.6 is 0 Å². The molecule has 16 heavy (non-hydrogen) atoms. The topological polar surface area (TPSA) is 33.3 Å². The Kier molecular flexibility index (Phi) is 2.11. The van der Waals surface area contributed by atoms with Crippen LogP contribution in [-0.4, -0.2) is 25.8 Å². The van der Waals surface area contributed by atoms with Crippen LogP contribution in [0.1, 0.15) is 12.5 Å². The summed E-state index contributed by atoms with van der Waals surface area (Å²) in [6.45, 7) is 7.05. The highest BCUT2D eigenvalue weighted by atomic mass is 16.5. The van der Waals surface area contributed by atoms with Gasteiger partial charge in [-0.3, -0.25) is 0 Å². The maximum atomic E-state index is 5.60. The lowest BCUT2D eigenvalue weighted by atomic mass is 9.85. The predicted octanol–water partition coefficient (Wildman–Crippen LogP) is 2.24. The first-order valence-electron chi connectivity index (χ1n) is 5.87. The van der Waals surface area contributed by atoms with Gasteiger partial charge in [0.05, 0.1) is 30.6 Å². The van der Waals surface area contributed by atoms with Gasteiger partial charge in [0.1, 0.15) is 0 Å². The second kappa shape index (κ2) is 3.39. The smallest absolute Gasteiger partial charge is 0.0675 e. The second-order valence-electron chi connectivity index (χ2n) is 5.22. The SMILES string of the molecule is Cc1cccc2c1NC1COCC1(C)CN2. The van der Waals surface area contributed by atoms with E-state index in [1.165, 1.54) is 16.9 Å². The zero-order chi connectivity index (χ0) is 11.2. The van der Waals surface area contributed by atoms with Gasteiger partial charge in [0, 0.05) is 12.0 Å². The minimum absolute atomic E-state index is 0.200. The molecule has 2 aliphatic heterocycles. The summed E-state index contributed by atoms with van der Waals surface area (Å²) in [7, 11) is 0. The number of fused-ring (bicyclic) bond motifs is 2. The van der Waals surface area contributed by atoms with Crippen LogP contribution in [-0.2, 0) is 4.74 Å². The van der Waals surface area contributed by atoms with Gasteiger partial charge in [0.2, 0.25) is 0 Å². The van der Waals surface area contributed by atoms with Crippen LogP contribution in [0.25, 0.3) is 0 Å². The van der Waals surface area contributed by atoms with Crippen molar-refractivity contribution in [3.05, 3.63) is 23.8 Å². The van der Waals surface area contributed by atoms with Gasteiger partial charge in [0.25, 0.3) is 0 Å². The monoisotopic (exact) mass is 218 g/mol. The Bertz CT molecular complexity index is 418. The summed E-state index contributed by atoms with van der Waals surface area (Å²) in [6.07, 6.45) is 0. The molecule has 0 bridgehead atoms. The van der Waals surface area contributed by atoms with Crippen molar-refractivity contribution in [1.29, 1.82) is 0 Å². The molecule has 0 saturated carbocycles. The van der Waals surface area contributed by atoms with Crippen molar-refractivity contribution in [2.75, 3.05) is 30.4 Å². The van der Waals surface area contributed by atoms with E-state index in [9.17, 15) is 0 Å². The standard InChI is InChI=1S/C13H18N2O/c1-9-4-3-5-10-12(9)15-11-6-16-8-13(11,2)7-14-10/h3-5,11,14-15H,6-8H2,1-2H3. The third kappa shape index (κ3) is 1.39. The molecule has 0 aromatic heterocycles. The average Bonchev–Trinajstić information content (AvgIpc) is 2.55. The van der Waals surface area contributed by atoms with Crippen molar-refractivity contribution in [1.82, 2.24) is 0 Å². The molecule has 3 heteroatoms. The largest absolute Gasteiger partial charge is 0.383 e. The first kappa shape index (κ1) is 9.97. The zero-order valence-electron chi connectivity index (χ0n) is 9.84. The number of ether oxygens (including phenoxy) is 1. The van der Waals surface area contributed by atoms with Crippen LogP contribution in [0, 0.1) is 12.3 Å². The Hall–Kier alpha value is -1.22. The van der Waals surface area contributed by atoms with Crippen LogP contribution in [0.15, 0.2) is 18.2 Å². The number of aryl methyl sites for hydroxylation is 1. The van der Waals surface area contributed by atoms with Gasteiger partial charge in [-0.05, 0) is 18.6 Å². The molecule has 3 nitrogen and oxygen atoms in total. The highest BCUT2D eigenvalue weighted by Gasteiger charge is 2.41. The number of benzene rings is 1. The van der Waals surface area contributed by atoms with E-state index in [1.54, 1.807) is 0 Å². The molecule has 1 aromatic rings. The van der Waals surface area contributed by atoms with Crippen molar-refractivity contribution in [2.24, 2.45) is 5.41 Å². The van der Waals surface area contributed by atoms with Gasteiger partial charge in [-0.25, -0.2) is 0 Å². The Morgan fingerprint density at radius 2 is 2.31 bits per heavy atom. The molecule has 2 N–H and O–H groups in total. The molecule has 1 saturated heterocycles. The minimum Gasteiger partial charge on any atom is -0.383 e. The van der Waals surface area contributed by atoms with Gasteiger partial charge in [0.15, 0.2) is 0 Å². The summed E-state index contributed by atoms with van der Waals surface area (Å²) < 4.78 is 5.60. The molecule has 2 heterocycles. The molecule has 2 aliphatic rings. The summed E-state index contributed by atoms with van der Waals surface area (Å²) in [4.78, 5) is 0. The van der Waals surface area contributed by atoms with Crippen LogP contribution < -0.4 is 10.6 Å². The summed E-state index contributed by atoms with van der Waals surface area (Å²) >= 11 is 0. The lowest BCUT2D eigenvalue weighted by Gasteiger charge is -2.27. The van der Waals surface area contributed by atoms with Crippen LogP contribution in [0.5, 0.6) is 0 Å². The van der Waals surface area contributed by atoms with E-state index in [4.69, 9.17) is 4.74 Å². The molecule has 0 spiro atoms. The Labute approximate surface area is 96.2 Å². The first-order chi connectivity index (χ1) is 7.69. The van der Waals surface area contributed by atoms with Crippen molar-refractivity contribution < 1.29 is 4.74 Å². The van der Waals surface area contributed by atoms with Crippen LogP contribution in [0.4, 0.5) is 11.4 Å². The molecule has 0 aliphatic carbocycles. The fourth-order valence-electron chi connectivity index (χ4n) is 2.58. The Balaban J connectivity index is 2.01. The number of hydrogen-bond donors (Lipinski definition) is 2. The fourth-order valence-corrected chi connectivity index (χ4v) is 2.58. The fraction of sp³-hybridized carbons (Fsp3) is 0.538. The van der Waals surface area contributed by atoms with Gasteiger partial charge in [-0.1, -0.05) is 19.1 Å². The molecule has 3 rings (SSSR count). The third-order valence-corrected chi connectivity index (χ3v) is 3.83. The van der Waals surface area contributed by atoms with Gasteiger partial charge >= 0.3 is 0 Å². The second-order valence-corrected chi connectivity index (χ2v) is 5.22. The number of hydrogen-bond acceptors (Lipinski definition) is 3. The average molecular weight is 218 g/mol. The number of nitrogens with one attached hydrogen (secondary N) is 2. The maximum Gasteiger partial charge on any atom is 0.0675 e. The summed E-state index contributed by atoms with van der Waals surface area (Å²) in [6, 6.07) is 6.80. The molecular formula is C13H18N2O. The third-order valence-electron chi connectivity index (χ3n) is 3.83. The summed E-state index contributed by atoms with van der Waals surface area (Å²) in [5.41, 5.74) is 3.95. The van der Waals surface area contributed by atoms with E-state index in [0.29, 0.717) is 6.04 Å². The first-order valence-corrected chi connectivity index (χ1v) is 5.87. The van der Waals surface area contributed by atoms with Gasteiger partial charge in [-0.15, -0.1) is 0 Å². The van der Waals surface area contributed by atoms with E-state index in [1.807, 2.05) is 0 Å². The highest BCUT2D eigenvalue weighted by Crippen LogP contribution is 2.38. The lowest BCUT2D eigenvalue weighted by Crippen LogP contribution is -2.40. The quantitative estimate of drug-likeness (QED) is 0.700. The van der Waals surface area contributed by atoms with Crippen molar-refractivity contribution >= 4 is 11.4 Å². The lowest BCUT2D eigenvalue weighted by molar-refractivity contribution is 0.164. The van der Waals surface area contributed by atoms with E-state index in [2.05, 4.69) is 42.7 Å². The highest BCUT2D eigenvalue weighted by molar-refractivity contribution is 5.73. The maximum absolute atomic E-state index is 5.60. The predicted molar refractivity (Wildman–Crippen MR) is 66.0 cm³/mol.